The van der Waals surface area contributed by atoms with Crippen LogP contribution in [-0.2, 0) is 20.3 Å². The van der Waals surface area contributed by atoms with E-state index in [1.54, 1.807) is 6.92 Å². The first kappa shape index (κ1) is 13.8. The average Bonchev–Trinajstić information content (AvgIpc) is 2.71. The fourth-order valence-electron chi connectivity index (χ4n) is 2.16. The summed E-state index contributed by atoms with van der Waals surface area (Å²) in [4.78, 5) is 0. The van der Waals surface area contributed by atoms with Crippen LogP contribution in [0.3, 0.4) is 0 Å². The first-order valence-electron chi connectivity index (χ1n) is 5.68. The minimum absolute atomic E-state index is 0.0401. The second kappa shape index (κ2) is 5.15. The molecule has 0 aromatic heterocycles. The van der Waals surface area contributed by atoms with Gasteiger partial charge in [0.05, 0.1) is 17.1 Å². The molecule has 100 valence electrons. The molecule has 1 heterocycles. The van der Waals surface area contributed by atoms with Crippen LogP contribution in [0.5, 0.6) is 0 Å². The van der Waals surface area contributed by atoms with Crippen molar-refractivity contribution in [2.75, 3.05) is 6.61 Å². The van der Waals surface area contributed by atoms with Crippen LogP contribution < -0.4 is 0 Å². The highest BCUT2D eigenvalue weighted by Crippen LogP contribution is 2.27. The van der Waals surface area contributed by atoms with Crippen LogP contribution in [0, 0.1) is 5.82 Å². The van der Waals surface area contributed by atoms with Gasteiger partial charge in [-0.1, -0.05) is 17.7 Å². The van der Waals surface area contributed by atoms with E-state index in [2.05, 4.69) is 0 Å². The number of rotatable bonds is 3. The van der Waals surface area contributed by atoms with Crippen molar-refractivity contribution in [2.24, 2.45) is 0 Å². The molecule has 6 heteroatoms. The molecule has 0 spiro atoms. The molecule has 0 bridgehead atoms. The van der Waals surface area contributed by atoms with E-state index in [4.69, 9.17) is 16.3 Å². The Kier molecular flexibility index (Phi) is 3.94. The maximum absolute atomic E-state index is 13.6. The predicted octanol–water partition coefficient (Wildman–Crippen LogP) is 2.57. The molecule has 3 nitrogen and oxygen atoms in total. The van der Waals surface area contributed by atoms with Crippen LogP contribution >= 0.6 is 11.6 Å². The van der Waals surface area contributed by atoms with Gasteiger partial charge >= 0.3 is 0 Å². The van der Waals surface area contributed by atoms with E-state index in [1.165, 1.54) is 18.2 Å². The summed E-state index contributed by atoms with van der Waals surface area (Å²) < 4.78 is 43.3. The Bertz CT molecular complexity index is 524. The Morgan fingerprint density at radius 2 is 2.22 bits per heavy atom. The minimum atomic E-state index is -3.46. The van der Waals surface area contributed by atoms with Gasteiger partial charge in [0.15, 0.2) is 9.84 Å². The van der Waals surface area contributed by atoms with Gasteiger partial charge in [-0.3, -0.25) is 0 Å². The SMILES string of the molecule is C[C@@H]1OCC[C@H]1S(=O)(=O)Cc1c(F)cccc1Cl. The molecule has 0 radical (unpaired) electrons. The zero-order valence-corrected chi connectivity index (χ0v) is 11.5. The maximum Gasteiger partial charge on any atom is 0.160 e. The van der Waals surface area contributed by atoms with Crippen molar-refractivity contribution in [3.05, 3.63) is 34.6 Å². The van der Waals surface area contributed by atoms with Crippen LogP contribution in [0.1, 0.15) is 18.9 Å². The second-order valence-corrected chi connectivity index (χ2v) is 7.04. The molecule has 0 aliphatic carbocycles. The maximum atomic E-state index is 13.6. The fraction of sp³-hybridized carbons (Fsp3) is 0.500. The Morgan fingerprint density at radius 3 is 2.78 bits per heavy atom. The van der Waals surface area contributed by atoms with Crippen molar-refractivity contribution >= 4 is 21.4 Å². The zero-order chi connectivity index (χ0) is 13.3. The topological polar surface area (TPSA) is 43.4 Å². The van der Waals surface area contributed by atoms with Crippen molar-refractivity contribution in [3.8, 4) is 0 Å². The lowest BCUT2D eigenvalue weighted by molar-refractivity contribution is 0.126. The summed E-state index contributed by atoms with van der Waals surface area (Å²) in [7, 11) is -3.46. The van der Waals surface area contributed by atoms with Crippen molar-refractivity contribution in [1.82, 2.24) is 0 Å². The highest BCUT2D eigenvalue weighted by atomic mass is 35.5. The molecule has 1 aromatic rings. The van der Waals surface area contributed by atoms with Crippen molar-refractivity contribution in [2.45, 2.75) is 30.5 Å². The molecular weight excluding hydrogens is 279 g/mol. The normalized spacial score (nSPS) is 24.4. The summed E-state index contributed by atoms with van der Waals surface area (Å²) in [5.74, 6) is -0.964. The molecule has 0 unspecified atom stereocenters. The molecule has 1 aliphatic rings. The lowest BCUT2D eigenvalue weighted by atomic mass is 10.2. The lowest BCUT2D eigenvalue weighted by Crippen LogP contribution is -2.29. The van der Waals surface area contributed by atoms with Crippen molar-refractivity contribution in [1.29, 1.82) is 0 Å². The van der Waals surface area contributed by atoms with E-state index in [1.807, 2.05) is 0 Å². The van der Waals surface area contributed by atoms with Crippen molar-refractivity contribution in [3.63, 3.8) is 0 Å². The van der Waals surface area contributed by atoms with Gasteiger partial charge in [-0.15, -0.1) is 0 Å². The van der Waals surface area contributed by atoms with E-state index in [0.29, 0.717) is 13.0 Å². The first-order valence-corrected chi connectivity index (χ1v) is 7.77. The van der Waals surface area contributed by atoms with Gasteiger partial charge in [0.1, 0.15) is 5.82 Å². The largest absolute Gasteiger partial charge is 0.377 e. The Morgan fingerprint density at radius 1 is 1.50 bits per heavy atom. The van der Waals surface area contributed by atoms with Crippen LogP contribution in [0.25, 0.3) is 0 Å². The lowest BCUT2D eigenvalue weighted by Gasteiger charge is -2.15. The summed E-state index contributed by atoms with van der Waals surface area (Å²) in [6, 6.07) is 4.16. The highest BCUT2D eigenvalue weighted by Gasteiger charge is 2.36. The smallest absolute Gasteiger partial charge is 0.160 e. The van der Waals surface area contributed by atoms with Gasteiger partial charge in [0.25, 0.3) is 0 Å². The van der Waals surface area contributed by atoms with E-state index < -0.39 is 20.9 Å². The second-order valence-electron chi connectivity index (χ2n) is 4.41. The quantitative estimate of drug-likeness (QED) is 0.860. The van der Waals surface area contributed by atoms with Crippen LogP contribution in [0.2, 0.25) is 5.02 Å². The fourth-order valence-corrected chi connectivity index (χ4v) is 4.50. The minimum Gasteiger partial charge on any atom is -0.377 e. The third-order valence-corrected chi connectivity index (χ3v) is 5.76. The van der Waals surface area contributed by atoms with Crippen LogP contribution in [0.4, 0.5) is 4.39 Å². The number of hydrogen-bond acceptors (Lipinski definition) is 3. The molecule has 0 amide bonds. The molecule has 2 atom stereocenters. The van der Waals surface area contributed by atoms with E-state index in [-0.39, 0.29) is 22.4 Å². The number of benzene rings is 1. The molecule has 0 N–H and O–H groups in total. The summed E-state index contributed by atoms with van der Waals surface area (Å²) in [6.07, 6.45) is 0.107. The number of hydrogen-bond donors (Lipinski definition) is 0. The molecule has 0 saturated carbocycles. The molecule has 1 fully saturated rings. The summed E-state index contributed by atoms with van der Waals surface area (Å²) in [5, 5.41) is -0.432. The average molecular weight is 293 g/mol. The first-order chi connectivity index (χ1) is 8.42. The summed E-state index contributed by atoms with van der Waals surface area (Å²) in [5.41, 5.74) is 0.0401. The molecule has 18 heavy (non-hydrogen) atoms. The van der Waals surface area contributed by atoms with Gasteiger partial charge in [0, 0.05) is 17.2 Å². The summed E-state index contributed by atoms with van der Waals surface area (Å²) in [6.45, 7) is 2.15. The van der Waals surface area contributed by atoms with Gasteiger partial charge in [-0.05, 0) is 25.5 Å². The Hall–Kier alpha value is -0.650. The van der Waals surface area contributed by atoms with Gasteiger partial charge in [0.2, 0.25) is 0 Å². The Labute approximate surface area is 111 Å². The van der Waals surface area contributed by atoms with E-state index >= 15 is 0 Å². The number of halogens is 2. The number of ether oxygens (including phenoxy) is 1. The standard InChI is InChI=1S/C12H14ClFO3S/c1-8-12(5-6-17-8)18(15,16)7-9-10(13)3-2-4-11(9)14/h2-4,8,12H,5-7H2,1H3/t8-,12+/m0/s1. The molecule has 1 aromatic carbocycles. The third-order valence-electron chi connectivity index (χ3n) is 3.18. The molecule has 1 saturated heterocycles. The third kappa shape index (κ3) is 2.68. The summed E-state index contributed by atoms with van der Waals surface area (Å²) >= 11 is 5.84. The molecule has 2 rings (SSSR count). The van der Waals surface area contributed by atoms with Crippen LogP contribution in [0.15, 0.2) is 18.2 Å². The molecular formula is C12H14ClFO3S. The molecule has 1 aliphatic heterocycles. The zero-order valence-electron chi connectivity index (χ0n) is 9.90. The van der Waals surface area contributed by atoms with Crippen molar-refractivity contribution < 1.29 is 17.5 Å². The van der Waals surface area contributed by atoms with E-state index in [9.17, 15) is 12.8 Å². The van der Waals surface area contributed by atoms with Gasteiger partial charge in [-0.25, -0.2) is 12.8 Å². The predicted molar refractivity (Wildman–Crippen MR) is 67.9 cm³/mol. The highest BCUT2D eigenvalue weighted by molar-refractivity contribution is 7.91. The van der Waals surface area contributed by atoms with Gasteiger partial charge in [-0.2, -0.15) is 0 Å². The monoisotopic (exact) mass is 292 g/mol. The van der Waals surface area contributed by atoms with Crippen LogP contribution in [-0.4, -0.2) is 26.4 Å². The van der Waals surface area contributed by atoms with E-state index in [0.717, 1.165) is 0 Å². The number of sulfone groups is 1. The van der Waals surface area contributed by atoms with Gasteiger partial charge < -0.3 is 4.74 Å². The Balaban J connectivity index is 2.28.